The van der Waals surface area contributed by atoms with Gasteiger partial charge >= 0.3 is 0 Å². The molecule has 0 heterocycles. The summed E-state index contributed by atoms with van der Waals surface area (Å²) in [6.07, 6.45) is 3.98. The van der Waals surface area contributed by atoms with Crippen molar-refractivity contribution < 1.29 is 0 Å². The lowest BCUT2D eigenvalue weighted by Crippen LogP contribution is -2.26. The third-order valence-corrected chi connectivity index (χ3v) is 7.00. The summed E-state index contributed by atoms with van der Waals surface area (Å²) in [4.78, 5) is 0. The first-order valence-corrected chi connectivity index (χ1v) is 11.9. The molecule has 0 atom stereocenters. The minimum absolute atomic E-state index is 0.0272. The molecule has 0 aromatic heterocycles. The Bertz CT molecular complexity index is 1060. The highest BCUT2D eigenvalue weighted by atomic mass is 14.5. The number of nitrogens with two attached hydrogens (primary N) is 2. The Morgan fingerprint density at radius 3 is 1.00 bits per heavy atom. The van der Waals surface area contributed by atoms with E-state index in [9.17, 15) is 0 Å². The van der Waals surface area contributed by atoms with Crippen molar-refractivity contribution in [1.29, 1.82) is 0 Å². The average Bonchev–Trinajstić information content (AvgIpc) is 2.85. The van der Waals surface area contributed by atoms with E-state index in [-0.39, 0.29) is 5.41 Å². The highest BCUT2D eigenvalue weighted by molar-refractivity contribution is 5.45. The van der Waals surface area contributed by atoms with Crippen LogP contribution in [0.2, 0.25) is 0 Å². The van der Waals surface area contributed by atoms with Crippen molar-refractivity contribution in [1.82, 2.24) is 0 Å². The van der Waals surface area contributed by atoms with Crippen LogP contribution in [0.3, 0.4) is 0 Å². The molecule has 0 aliphatic heterocycles. The second kappa shape index (κ2) is 9.95. The first-order valence-electron chi connectivity index (χ1n) is 11.9. The number of anilines is 2. The van der Waals surface area contributed by atoms with E-state index in [2.05, 4.69) is 86.6 Å². The molecule has 0 fully saturated rings. The molecule has 4 aromatic carbocycles. The zero-order chi connectivity index (χ0) is 23.3. The van der Waals surface area contributed by atoms with Crippen LogP contribution in [0.15, 0.2) is 97.1 Å². The monoisotopic (exact) mass is 434 g/mol. The van der Waals surface area contributed by atoms with Crippen LogP contribution in [-0.2, 0) is 18.3 Å². The first-order chi connectivity index (χ1) is 16.0. The van der Waals surface area contributed by atoms with Crippen LogP contribution >= 0.6 is 0 Å². The Kier molecular flexibility index (Phi) is 6.84. The molecule has 4 N–H and O–H groups in total. The summed E-state index contributed by atoms with van der Waals surface area (Å²) in [5, 5.41) is 0. The molecule has 0 saturated carbocycles. The van der Waals surface area contributed by atoms with Crippen molar-refractivity contribution in [2.24, 2.45) is 0 Å². The third kappa shape index (κ3) is 5.12. The molecule has 0 unspecified atom stereocenters. The van der Waals surface area contributed by atoms with Gasteiger partial charge in [0, 0.05) is 16.8 Å². The molecule has 4 rings (SSSR count). The maximum absolute atomic E-state index is 5.82. The van der Waals surface area contributed by atoms with Crippen molar-refractivity contribution in [3.63, 3.8) is 0 Å². The molecule has 2 nitrogen and oxygen atoms in total. The minimum Gasteiger partial charge on any atom is -0.399 e. The molecule has 2 heteroatoms. The molecule has 0 amide bonds. The smallest absolute Gasteiger partial charge is 0.0314 e. The summed E-state index contributed by atoms with van der Waals surface area (Å²) in [7, 11) is 0. The van der Waals surface area contributed by atoms with Gasteiger partial charge in [-0.2, -0.15) is 0 Å². The van der Waals surface area contributed by atoms with Crippen LogP contribution in [0.4, 0.5) is 11.4 Å². The maximum Gasteiger partial charge on any atom is 0.0314 e. The van der Waals surface area contributed by atoms with Gasteiger partial charge in [0.2, 0.25) is 0 Å². The summed E-state index contributed by atoms with van der Waals surface area (Å²) < 4.78 is 0. The fraction of sp³-hybridized carbons (Fsp3) is 0.226. The minimum atomic E-state index is 0.0272. The second-order valence-corrected chi connectivity index (χ2v) is 9.02. The van der Waals surface area contributed by atoms with Crippen molar-refractivity contribution in [2.75, 3.05) is 11.5 Å². The summed E-state index contributed by atoms with van der Waals surface area (Å²) >= 11 is 0. The quantitative estimate of drug-likeness (QED) is 0.290. The molecule has 0 aliphatic carbocycles. The molecule has 168 valence electrons. The fourth-order valence-electron chi connectivity index (χ4n) is 4.86. The molecule has 0 radical (unpaired) electrons. The summed E-state index contributed by atoms with van der Waals surface area (Å²) in [5.74, 6) is 0. The number of benzene rings is 4. The Morgan fingerprint density at radius 1 is 0.455 bits per heavy atom. The van der Waals surface area contributed by atoms with E-state index in [0.717, 1.165) is 37.1 Å². The molecule has 0 saturated heterocycles. The lowest BCUT2D eigenvalue weighted by molar-refractivity contribution is 0.478. The normalized spacial score (nSPS) is 11.5. The second-order valence-electron chi connectivity index (χ2n) is 9.02. The van der Waals surface area contributed by atoms with Gasteiger partial charge in [-0.15, -0.1) is 0 Å². The zero-order valence-electron chi connectivity index (χ0n) is 19.7. The largest absolute Gasteiger partial charge is 0.399 e. The van der Waals surface area contributed by atoms with Crippen molar-refractivity contribution >= 4 is 11.4 Å². The van der Waals surface area contributed by atoms with E-state index in [1.54, 1.807) is 0 Å². The molecule has 0 bridgehead atoms. The predicted octanol–water partition coefficient (Wildman–Crippen LogP) is 7.14. The molecule has 0 spiro atoms. The SMILES string of the molecule is CCC(CC)(c1ccc(Cc2ccc(N)cc2)cc1)c1ccc(Cc2ccc(N)cc2)cc1. The van der Waals surface area contributed by atoms with Gasteiger partial charge in [0.15, 0.2) is 0 Å². The number of nitrogen functional groups attached to an aromatic ring is 2. The Balaban J connectivity index is 1.54. The van der Waals surface area contributed by atoms with E-state index in [1.165, 1.54) is 33.4 Å². The van der Waals surface area contributed by atoms with E-state index < -0.39 is 0 Å². The van der Waals surface area contributed by atoms with E-state index in [0.29, 0.717) is 0 Å². The molecule has 33 heavy (non-hydrogen) atoms. The van der Waals surface area contributed by atoms with Crippen LogP contribution in [0, 0.1) is 0 Å². The Morgan fingerprint density at radius 2 is 0.727 bits per heavy atom. The maximum atomic E-state index is 5.82. The number of hydrogen-bond acceptors (Lipinski definition) is 2. The summed E-state index contributed by atoms with van der Waals surface area (Å²) in [5.41, 5.74) is 21.3. The molecular formula is C31H34N2. The molecule has 0 aliphatic rings. The average molecular weight is 435 g/mol. The van der Waals surface area contributed by atoms with Gasteiger partial charge in [0.05, 0.1) is 0 Å². The van der Waals surface area contributed by atoms with Crippen LogP contribution < -0.4 is 11.5 Å². The summed E-state index contributed by atoms with van der Waals surface area (Å²) in [6, 6.07) is 34.7. The predicted molar refractivity (Wildman–Crippen MR) is 142 cm³/mol. The van der Waals surface area contributed by atoms with Gasteiger partial charge in [-0.25, -0.2) is 0 Å². The van der Waals surface area contributed by atoms with Crippen LogP contribution in [0.1, 0.15) is 60.1 Å². The molecule has 4 aromatic rings. The molecular weight excluding hydrogens is 400 g/mol. The van der Waals surface area contributed by atoms with Crippen molar-refractivity contribution in [2.45, 2.75) is 44.9 Å². The number of rotatable bonds is 8. The highest BCUT2D eigenvalue weighted by Gasteiger charge is 2.30. The van der Waals surface area contributed by atoms with E-state index >= 15 is 0 Å². The van der Waals surface area contributed by atoms with Crippen LogP contribution in [-0.4, -0.2) is 0 Å². The van der Waals surface area contributed by atoms with Gasteiger partial charge in [0.1, 0.15) is 0 Å². The third-order valence-electron chi connectivity index (χ3n) is 7.00. The van der Waals surface area contributed by atoms with Gasteiger partial charge in [-0.1, -0.05) is 86.6 Å². The number of hydrogen-bond donors (Lipinski definition) is 2. The Hall–Kier alpha value is -3.52. The van der Waals surface area contributed by atoms with Gasteiger partial charge in [-0.05, 0) is 83.3 Å². The lowest BCUT2D eigenvalue weighted by atomic mass is 9.70. The lowest BCUT2D eigenvalue weighted by Gasteiger charge is -2.33. The van der Waals surface area contributed by atoms with Gasteiger partial charge in [-0.3, -0.25) is 0 Å². The van der Waals surface area contributed by atoms with Gasteiger partial charge < -0.3 is 11.5 Å². The van der Waals surface area contributed by atoms with E-state index in [4.69, 9.17) is 11.5 Å². The highest BCUT2D eigenvalue weighted by Crippen LogP contribution is 2.39. The standard InChI is InChI=1S/C31H34N2/c1-3-31(4-2,27-13-5-23(6-14-27)21-25-9-17-29(32)18-10-25)28-15-7-24(8-16-28)22-26-11-19-30(33)20-12-26/h5-20H,3-4,21-22,32-33H2,1-2H3. The van der Waals surface area contributed by atoms with E-state index in [1.807, 2.05) is 24.3 Å². The zero-order valence-corrected chi connectivity index (χ0v) is 19.7. The van der Waals surface area contributed by atoms with Crippen molar-refractivity contribution in [3.05, 3.63) is 130 Å². The van der Waals surface area contributed by atoms with Crippen LogP contribution in [0.5, 0.6) is 0 Å². The first kappa shape index (κ1) is 22.7. The topological polar surface area (TPSA) is 52.0 Å². The van der Waals surface area contributed by atoms with Crippen molar-refractivity contribution in [3.8, 4) is 0 Å². The fourth-order valence-corrected chi connectivity index (χ4v) is 4.86. The van der Waals surface area contributed by atoms with Crippen LogP contribution in [0.25, 0.3) is 0 Å². The van der Waals surface area contributed by atoms with Gasteiger partial charge in [0.25, 0.3) is 0 Å². The summed E-state index contributed by atoms with van der Waals surface area (Å²) in [6.45, 7) is 4.60. The Labute approximate surface area is 198 Å².